The first-order valence-corrected chi connectivity index (χ1v) is 10.3. The number of thiazole rings is 1. The normalized spacial score (nSPS) is 11.7. The molecule has 0 fully saturated rings. The van der Waals surface area contributed by atoms with Gasteiger partial charge in [0.1, 0.15) is 16.9 Å². The summed E-state index contributed by atoms with van der Waals surface area (Å²) in [7, 11) is 1.86. The second-order valence-electron chi connectivity index (χ2n) is 6.36. The summed E-state index contributed by atoms with van der Waals surface area (Å²) in [6.45, 7) is 2.51. The zero-order valence-corrected chi connectivity index (χ0v) is 17.8. The maximum Gasteiger partial charge on any atom is 0.349 e. The number of carbonyl (C=O) groups is 1. The first-order chi connectivity index (χ1) is 14.5. The molecular formula is C21H17N3O4S2. The zero-order valence-electron chi connectivity index (χ0n) is 16.2. The highest BCUT2D eigenvalue weighted by Gasteiger charge is 2.15. The molecule has 0 spiro atoms. The van der Waals surface area contributed by atoms with Crippen molar-refractivity contribution >= 4 is 55.8 Å². The van der Waals surface area contributed by atoms with E-state index in [9.17, 15) is 9.59 Å². The molecule has 0 radical (unpaired) electrons. The molecule has 4 aromatic rings. The molecule has 30 heavy (non-hydrogen) atoms. The number of fused-ring (bicyclic) bond motifs is 2. The van der Waals surface area contributed by atoms with Crippen molar-refractivity contribution in [2.75, 3.05) is 6.61 Å². The highest BCUT2D eigenvalue weighted by atomic mass is 32.1. The number of aryl methyl sites for hydroxylation is 1. The lowest BCUT2D eigenvalue weighted by molar-refractivity contribution is 0.0974. The Labute approximate surface area is 180 Å². The molecule has 0 atom stereocenters. The van der Waals surface area contributed by atoms with Crippen molar-refractivity contribution in [1.82, 2.24) is 9.88 Å². The SMILES string of the molecule is CCOc1ccc2c(c1)sc(=NC(=S)NC(=O)c1cc3ccccc3oc1=O)n2C. The van der Waals surface area contributed by atoms with E-state index in [2.05, 4.69) is 10.3 Å². The number of aromatic nitrogens is 1. The van der Waals surface area contributed by atoms with E-state index in [-0.39, 0.29) is 10.7 Å². The Morgan fingerprint density at radius 1 is 1.27 bits per heavy atom. The Hall–Kier alpha value is -3.30. The number of nitrogens with one attached hydrogen (secondary N) is 1. The van der Waals surface area contributed by atoms with Crippen LogP contribution in [0.3, 0.4) is 0 Å². The first kappa shape index (κ1) is 20.0. The van der Waals surface area contributed by atoms with Gasteiger partial charge in [-0.25, -0.2) is 4.79 Å². The summed E-state index contributed by atoms with van der Waals surface area (Å²) >= 11 is 6.64. The van der Waals surface area contributed by atoms with Crippen LogP contribution in [0, 0.1) is 0 Å². The van der Waals surface area contributed by atoms with Crippen molar-refractivity contribution in [3.63, 3.8) is 0 Å². The number of hydrogen-bond donors (Lipinski definition) is 1. The maximum atomic E-state index is 12.5. The number of para-hydroxylation sites is 1. The van der Waals surface area contributed by atoms with Crippen molar-refractivity contribution in [1.29, 1.82) is 0 Å². The van der Waals surface area contributed by atoms with Crippen LogP contribution < -0.4 is 20.5 Å². The summed E-state index contributed by atoms with van der Waals surface area (Å²) in [6, 6.07) is 14.2. The number of ether oxygens (including phenoxy) is 1. The van der Waals surface area contributed by atoms with Crippen LogP contribution in [0.1, 0.15) is 17.3 Å². The van der Waals surface area contributed by atoms with E-state index < -0.39 is 11.5 Å². The van der Waals surface area contributed by atoms with Gasteiger partial charge >= 0.3 is 5.63 Å². The van der Waals surface area contributed by atoms with Gasteiger partial charge in [-0.2, -0.15) is 4.99 Å². The lowest BCUT2D eigenvalue weighted by Gasteiger charge is -2.03. The number of rotatable bonds is 3. The average molecular weight is 440 g/mol. The largest absolute Gasteiger partial charge is 0.494 e. The lowest BCUT2D eigenvalue weighted by Crippen LogP contribution is -2.32. The van der Waals surface area contributed by atoms with Gasteiger partial charge in [-0.1, -0.05) is 29.5 Å². The minimum Gasteiger partial charge on any atom is -0.494 e. The van der Waals surface area contributed by atoms with Gasteiger partial charge in [0.05, 0.1) is 16.8 Å². The predicted molar refractivity (Wildman–Crippen MR) is 120 cm³/mol. The van der Waals surface area contributed by atoms with Gasteiger partial charge in [0.25, 0.3) is 5.91 Å². The van der Waals surface area contributed by atoms with Crippen LogP contribution in [0.15, 0.2) is 62.7 Å². The van der Waals surface area contributed by atoms with E-state index >= 15 is 0 Å². The van der Waals surface area contributed by atoms with Gasteiger partial charge in [-0.05, 0) is 49.5 Å². The monoisotopic (exact) mass is 439 g/mol. The molecule has 2 aromatic heterocycles. The Morgan fingerprint density at radius 2 is 2.07 bits per heavy atom. The molecule has 7 nitrogen and oxygen atoms in total. The summed E-state index contributed by atoms with van der Waals surface area (Å²) in [5.74, 6) is 0.114. The van der Waals surface area contributed by atoms with Gasteiger partial charge in [0, 0.05) is 12.4 Å². The number of carbonyl (C=O) groups excluding carboxylic acids is 1. The number of benzene rings is 2. The quantitative estimate of drug-likeness (QED) is 0.391. The topological polar surface area (TPSA) is 85.8 Å². The van der Waals surface area contributed by atoms with Crippen LogP contribution >= 0.6 is 23.6 Å². The standard InChI is InChI=1S/C21H17N3O4S2/c1-3-27-13-8-9-15-17(11-13)30-21(24(15)2)23-20(29)22-18(25)14-10-12-6-4-5-7-16(12)28-19(14)26/h4-11H,3H2,1-2H3,(H,22,25,29). The number of thiocarbonyl (C=S) groups is 1. The molecule has 0 saturated carbocycles. The van der Waals surface area contributed by atoms with Gasteiger partial charge < -0.3 is 13.7 Å². The summed E-state index contributed by atoms with van der Waals surface area (Å²) in [6.07, 6.45) is 0. The molecule has 1 N–H and O–H groups in total. The van der Waals surface area contributed by atoms with Gasteiger partial charge in [0.2, 0.25) is 5.11 Å². The van der Waals surface area contributed by atoms with Crippen LogP contribution in [-0.4, -0.2) is 22.2 Å². The van der Waals surface area contributed by atoms with Crippen molar-refractivity contribution in [3.8, 4) is 5.75 Å². The number of amides is 1. The minimum atomic E-state index is -0.732. The molecule has 9 heteroatoms. The number of nitrogens with zero attached hydrogens (tertiary/aromatic N) is 2. The van der Waals surface area contributed by atoms with Crippen LogP contribution in [-0.2, 0) is 7.05 Å². The zero-order chi connectivity index (χ0) is 21.3. The fourth-order valence-electron chi connectivity index (χ4n) is 2.98. The fourth-order valence-corrected chi connectivity index (χ4v) is 4.27. The molecule has 4 rings (SSSR count). The molecular weight excluding hydrogens is 422 g/mol. The fraction of sp³-hybridized carbons (Fsp3) is 0.143. The Kier molecular flexibility index (Phi) is 5.47. The van der Waals surface area contributed by atoms with Crippen molar-refractivity contribution in [2.24, 2.45) is 12.0 Å². The van der Waals surface area contributed by atoms with Gasteiger partial charge in [-0.15, -0.1) is 0 Å². The molecule has 2 heterocycles. The third kappa shape index (κ3) is 3.89. The Balaban J connectivity index is 1.62. The van der Waals surface area contributed by atoms with Crippen LogP contribution in [0.2, 0.25) is 0 Å². The van der Waals surface area contributed by atoms with E-state index in [1.54, 1.807) is 24.3 Å². The summed E-state index contributed by atoms with van der Waals surface area (Å²) in [5.41, 5.74) is 0.514. The van der Waals surface area contributed by atoms with Crippen LogP contribution in [0.4, 0.5) is 0 Å². The third-order valence-electron chi connectivity index (χ3n) is 4.40. The first-order valence-electron chi connectivity index (χ1n) is 9.11. The minimum absolute atomic E-state index is 0.0419. The third-order valence-corrected chi connectivity index (χ3v) is 5.68. The van der Waals surface area contributed by atoms with E-state index in [1.807, 2.05) is 36.7 Å². The molecule has 152 valence electrons. The van der Waals surface area contributed by atoms with Crippen LogP contribution in [0.25, 0.3) is 21.2 Å². The van der Waals surface area contributed by atoms with Crippen molar-refractivity contribution in [3.05, 3.63) is 69.3 Å². The molecule has 0 aliphatic rings. The van der Waals surface area contributed by atoms with Crippen molar-refractivity contribution < 1.29 is 13.9 Å². The summed E-state index contributed by atoms with van der Waals surface area (Å²) < 4.78 is 13.6. The Morgan fingerprint density at radius 3 is 2.87 bits per heavy atom. The van der Waals surface area contributed by atoms with Gasteiger partial charge in [0.15, 0.2) is 4.80 Å². The smallest absolute Gasteiger partial charge is 0.349 e. The van der Waals surface area contributed by atoms with E-state index in [4.69, 9.17) is 21.4 Å². The van der Waals surface area contributed by atoms with E-state index in [0.29, 0.717) is 22.4 Å². The lowest BCUT2D eigenvalue weighted by atomic mass is 10.2. The van der Waals surface area contributed by atoms with Crippen LogP contribution in [0.5, 0.6) is 5.75 Å². The molecule has 0 unspecified atom stereocenters. The Bertz CT molecular complexity index is 1420. The van der Waals surface area contributed by atoms with Gasteiger partial charge in [-0.3, -0.25) is 10.1 Å². The number of hydrogen-bond acceptors (Lipinski definition) is 6. The second kappa shape index (κ2) is 8.21. The summed E-state index contributed by atoms with van der Waals surface area (Å²) in [4.78, 5) is 29.6. The van der Waals surface area contributed by atoms with Crippen molar-refractivity contribution in [2.45, 2.75) is 6.92 Å². The molecule has 0 saturated heterocycles. The molecule has 0 bridgehead atoms. The average Bonchev–Trinajstić information content (AvgIpc) is 3.02. The highest BCUT2D eigenvalue weighted by molar-refractivity contribution is 7.80. The highest BCUT2D eigenvalue weighted by Crippen LogP contribution is 2.22. The maximum absolute atomic E-state index is 12.5. The molecule has 1 amide bonds. The predicted octanol–water partition coefficient (Wildman–Crippen LogP) is 3.36. The molecule has 2 aromatic carbocycles. The molecule has 0 aliphatic heterocycles. The molecule has 0 aliphatic carbocycles. The summed E-state index contributed by atoms with van der Waals surface area (Å²) in [5, 5.41) is 3.09. The van der Waals surface area contributed by atoms with E-state index in [1.165, 1.54) is 17.4 Å². The van der Waals surface area contributed by atoms with E-state index in [0.717, 1.165) is 16.0 Å². The second-order valence-corrected chi connectivity index (χ2v) is 7.76.